The first-order valence-electron chi connectivity index (χ1n) is 6.49. The number of nitrogens with zero attached hydrogens (tertiary/aromatic N) is 2. The zero-order chi connectivity index (χ0) is 14.0. The number of carbonyl (C=O) groups is 1. The van der Waals surface area contributed by atoms with Gasteiger partial charge in [0.1, 0.15) is 0 Å². The van der Waals surface area contributed by atoms with E-state index in [1.807, 2.05) is 0 Å². The van der Waals surface area contributed by atoms with Crippen molar-refractivity contribution in [1.29, 1.82) is 0 Å². The molecule has 0 aliphatic carbocycles. The van der Waals surface area contributed by atoms with Gasteiger partial charge in [-0.15, -0.1) is 0 Å². The summed E-state index contributed by atoms with van der Waals surface area (Å²) in [7, 11) is 0. The number of rotatable bonds is 3. The lowest BCUT2D eigenvalue weighted by molar-refractivity contribution is -0.385. The van der Waals surface area contributed by atoms with Gasteiger partial charge in [0.25, 0.3) is 5.69 Å². The minimum Gasteiger partial charge on any atom is -0.371 e. The number of nitro groups is 1. The molecule has 1 aromatic rings. The van der Waals surface area contributed by atoms with Crippen molar-refractivity contribution in [3.8, 4) is 0 Å². The Balaban J connectivity index is 2.32. The summed E-state index contributed by atoms with van der Waals surface area (Å²) in [6.07, 6.45) is 1.72. The van der Waals surface area contributed by atoms with Crippen molar-refractivity contribution in [2.45, 2.75) is 20.3 Å². The Morgan fingerprint density at radius 2 is 1.95 bits per heavy atom. The molecule has 1 aliphatic rings. The molecule has 0 amide bonds. The molecular formula is C14H18N2O3. The van der Waals surface area contributed by atoms with E-state index in [2.05, 4.69) is 18.7 Å². The largest absolute Gasteiger partial charge is 0.371 e. The Bertz CT molecular complexity index is 491. The zero-order valence-corrected chi connectivity index (χ0v) is 11.2. The van der Waals surface area contributed by atoms with Crippen molar-refractivity contribution in [2.24, 2.45) is 11.8 Å². The zero-order valence-electron chi connectivity index (χ0n) is 11.2. The van der Waals surface area contributed by atoms with Gasteiger partial charge in [0, 0.05) is 24.8 Å². The normalized spacial score (nSPS) is 23.2. The second-order valence-corrected chi connectivity index (χ2v) is 5.47. The maximum Gasteiger partial charge on any atom is 0.281 e. The van der Waals surface area contributed by atoms with Gasteiger partial charge in [0.15, 0.2) is 6.29 Å². The molecule has 1 heterocycles. The van der Waals surface area contributed by atoms with Crippen LogP contribution < -0.4 is 4.90 Å². The minimum absolute atomic E-state index is 0.113. The molecule has 2 unspecified atom stereocenters. The summed E-state index contributed by atoms with van der Waals surface area (Å²) in [5.41, 5.74) is 0.848. The molecule has 2 rings (SSSR count). The molecule has 19 heavy (non-hydrogen) atoms. The lowest BCUT2D eigenvalue weighted by atomic mass is 9.91. The quantitative estimate of drug-likeness (QED) is 0.477. The molecule has 2 atom stereocenters. The third-order valence-electron chi connectivity index (χ3n) is 3.57. The van der Waals surface area contributed by atoms with Crippen molar-refractivity contribution < 1.29 is 9.72 Å². The fourth-order valence-electron chi connectivity index (χ4n) is 2.86. The van der Waals surface area contributed by atoms with Crippen LogP contribution in [0.1, 0.15) is 30.6 Å². The number of anilines is 1. The summed E-state index contributed by atoms with van der Waals surface area (Å²) in [5.74, 6) is 1.15. The molecule has 0 saturated carbocycles. The Kier molecular flexibility index (Phi) is 3.83. The monoisotopic (exact) mass is 262 g/mol. The van der Waals surface area contributed by atoms with Crippen LogP contribution in [0.3, 0.4) is 0 Å². The second-order valence-electron chi connectivity index (χ2n) is 5.47. The fourth-order valence-corrected chi connectivity index (χ4v) is 2.86. The highest BCUT2D eigenvalue weighted by Gasteiger charge is 2.24. The summed E-state index contributed by atoms with van der Waals surface area (Å²) in [5, 5.41) is 11.0. The van der Waals surface area contributed by atoms with E-state index in [0.29, 0.717) is 18.1 Å². The van der Waals surface area contributed by atoms with E-state index in [9.17, 15) is 14.9 Å². The van der Waals surface area contributed by atoms with Crippen LogP contribution in [0.15, 0.2) is 18.2 Å². The molecule has 5 heteroatoms. The molecule has 0 bridgehead atoms. The van der Waals surface area contributed by atoms with Crippen molar-refractivity contribution in [3.05, 3.63) is 33.9 Å². The molecule has 1 fully saturated rings. The van der Waals surface area contributed by atoms with Gasteiger partial charge in [0.05, 0.1) is 10.5 Å². The van der Waals surface area contributed by atoms with Crippen LogP contribution in [-0.2, 0) is 0 Å². The van der Waals surface area contributed by atoms with E-state index in [0.717, 1.165) is 18.8 Å². The van der Waals surface area contributed by atoms with E-state index < -0.39 is 4.92 Å². The first kappa shape index (κ1) is 13.5. The van der Waals surface area contributed by atoms with E-state index >= 15 is 0 Å². The summed E-state index contributed by atoms with van der Waals surface area (Å²) in [4.78, 5) is 23.4. The van der Waals surface area contributed by atoms with Crippen LogP contribution in [0.4, 0.5) is 11.4 Å². The summed E-state index contributed by atoms with van der Waals surface area (Å²) < 4.78 is 0. The standard InChI is InChI=1S/C14H18N2O3/c1-10-5-11(2)8-15(7-10)13-4-3-12(9-17)14(6-13)16(18)19/h3-4,6,9-11H,5,7-8H2,1-2H3. The number of benzene rings is 1. The van der Waals surface area contributed by atoms with Gasteiger partial charge in [-0.2, -0.15) is 0 Å². The van der Waals surface area contributed by atoms with E-state index in [-0.39, 0.29) is 11.3 Å². The molecule has 0 spiro atoms. The molecular weight excluding hydrogens is 244 g/mol. The van der Waals surface area contributed by atoms with Crippen LogP contribution in [0, 0.1) is 22.0 Å². The molecule has 0 radical (unpaired) electrons. The summed E-state index contributed by atoms with van der Waals surface area (Å²) >= 11 is 0. The molecule has 1 aliphatic heterocycles. The molecule has 102 valence electrons. The lowest BCUT2D eigenvalue weighted by Gasteiger charge is -2.36. The van der Waals surface area contributed by atoms with Crippen LogP contribution in [0.25, 0.3) is 0 Å². The highest BCUT2D eigenvalue weighted by atomic mass is 16.6. The topological polar surface area (TPSA) is 63.5 Å². The molecule has 5 nitrogen and oxygen atoms in total. The Labute approximate surface area is 112 Å². The smallest absolute Gasteiger partial charge is 0.281 e. The van der Waals surface area contributed by atoms with Gasteiger partial charge in [-0.05, 0) is 30.4 Å². The number of nitro benzene ring substituents is 1. The maximum absolute atomic E-state index is 11.0. The third kappa shape index (κ3) is 2.92. The SMILES string of the molecule is CC1CC(C)CN(c2ccc(C=O)c([N+](=O)[O-])c2)C1. The van der Waals surface area contributed by atoms with E-state index in [1.54, 1.807) is 6.07 Å². The minimum atomic E-state index is -0.496. The van der Waals surface area contributed by atoms with Crippen molar-refractivity contribution in [1.82, 2.24) is 0 Å². The predicted molar refractivity (Wildman–Crippen MR) is 73.6 cm³/mol. The van der Waals surface area contributed by atoms with Crippen molar-refractivity contribution in [2.75, 3.05) is 18.0 Å². The molecule has 0 aromatic heterocycles. The van der Waals surface area contributed by atoms with Gasteiger partial charge in [-0.1, -0.05) is 13.8 Å². The number of hydrogen-bond donors (Lipinski definition) is 0. The van der Waals surface area contributed by atoms with Gasteiger partial charge >= 0.3 is 0 Å². The molecule has 1 aromatic carbocycles. The number of hydrogen-bond acceptors (Lipinski definition) is 4. The van der Waals surface area contributed by atoms with Gasteiger partial charge in [0.2, 0.25) is 0 Å². The van der Waals surface area contributed by atoms with E-state index in [4.69, 9.17) is 0 Å². The predicted octanol–water partition coefficient (Wildman–Crippen LogP) is 2.89. The average Bonchev–Trinajstić information content (AvgIpc) is 2.36. The maximum atomic E-state index is 11.0. The second kappa shape index (κ2) is 5.38. The highest BCUT2D eigenvalue weighted by Crippen LogP contribution is 2.29. The number of piperidine rings is 1. The van der Waals surface area contributed by atoms with Crippen molar-refractivity contribution in [3.63, 3.8) is 0 Å². The summed E-state index contributed by atoms with van der Waals surface area (Å²) in [6, 6.07) is 4.83. The lowest BCUT2D eigenvalue weighted by Crippen LogP contribution is -2.38. The third-order valence-corrected chi connectivity index (χ3v) is 3.57. The Hall–Kier alpha value is -1.91. The number of carbonyl (C=O) groups excluding carboxylic acids is 1. The first-order valence-corrected chi connectivity index (χ1v) is 6.49. The van der Waals surface area contributed by atoms with E-state index in [1.165, 1.54) is 18.6 Å². The Morgan fingerprint density at radius 1 is 1.32 bits per heavy atom. The average molecular weight is 262 g/mol. The van der Waals surface area contributed by atoms with Crippen LogP contribution in [-0.4, -0.2) is 24.3 Å². The molecule has 0 N–H and O–H groups in total. The number of aldehydes is 1. The van der Waals surface area contributed by atoms with Crippen LogP contribution >= 0.6 is 0 Å². The van der Waals surface area contributed by atoms with Gasteiger partial charge < -0.3 is 4.90 Å². The first-order chi connectivity index (χ1) is 9.01. The van der Waals surface area contributed by atoms with Crippen LogP contribution in [0.5, 0.6) is 0 Å². The van der Waals surface area contributed by atoms with Gasteiger partial charge in [-0.25, -0.2) is 0 Å². The summed E-state index contributed by atoms with van der Waals surface area (Å²) in [6.45, 7) is 6.19. The van der Waals surface area contributed by atoms with Gasteiger partial charge in [-0.3, -0.25) is 14.9 Å². The van der Waals surface area contributed by atoms with Crippen LogP contribution in [0.2, 0.25) is 0 Å². The Morgan fingerprint density at radius 3 is 2.47 bits per heavy atom. The molecule has 1 saturated heterocycles. The van der Waals surface area contributed by atoms with Crippen molar-refractivity contribution >= 4 is 17.7 Å². The highest BCUT2D eigenvalue weighted by molar-refractivity contribution is 5.83. The fraction of sp³-hybridized carbons (Fsp3) is 0.500.